The van der Waals surface area contributed by atoms with Crippen molar-refractivity contribution in [1.29, 1.82) is 0 Å². The fraction of sp³-hybridized carbons (Fsp3) is 0.818. The molecule has 1 aliphatic carbocycles. The Morgan fingerprint density at radius 2 is 2.25 bits per heavy atom. The first kappa shape index (κ1) is 11.8. The van der Waals surface area contributed by atoms with Crippen LogP contribution < -0.4 is 5.73 Å². The summed E-state index contributed by atoms with van der Waals surface area (Å²) in [6.45, 7) is 3.73. The Labute approximate surface area is 101 Å². The second-order valence-corrected chi connectivity index (χ2v) is 5.14. The van der Waals surface area contributed by atoms with Crippen molar-refractivity contribution in [2.24, 2.45) is 17.6 Å². The van der Waals surface area contributed by atoms with Gasteiger partial charge in [0.15, 0.2) is 0 Å². The molecule has 0 radical (unpaired) electrons. The van der Waals surface area contributed by atoms with E-state index in [9.17, 15) is 4.79 Å². The average molecular weight is 242 g/mol. The molecule has 2 aliphatic rings. The zero-order valence-corrected chi connectivity index (χ0v) is 10.3. The first-order valence-electron chi connectivity index (χ1n) is 5.79. The number of morpholine rings is 1. The average Bonchev–Trinajstić information content (AvgIpc) is 3.11. The summed E-state index contributed by atoms with van der Waals surface area (Å²) >= 11 is 4.90. The number of carbonyl (C=O) groups is 1. The quantitative estimate of drug-likeness (QED) is 0.734. The van der Waals surface area contributed by atoms with Gasteiger partial charge in [-0.3, -0.25) is 4.79 Å². The van der Waals surface area contributed by atoms with Gasteiger partial charge in [0.1, 0.15) is 11.1 Å². The van der Waals surface area contributed by atoms with E-state index in [4.69, 9.17) is 22.7 Å². The van der Waals surface area contributed by atoms with E-state index in [2.05, 4.69) is 0 Å². The van der Waals surface area contributed by atoms with Crippen LogP contribution in [0.4, 0.5) is 0 Å². The number of thiocarbonyl (C=S) groups is 1. The van der Waals surface area contributed by atoms with Crippen LogP contribution in [0.5, 0.6) is 0 Å². The SMILES string of the molecule is CC(C(=O)N1CCOC(C(N)=S)C1)C1CC1. The number of hydrogen-bond donors (Lipinski definition) is 1. The molecule has 2 rings (SSSR count). The lowest BCUT2D eigenvalue weighted by atomic mass is 10.0. The van der Waals surface area contributed by atoms with Crippen LogP contribution in [-0.2, 0) is 9.53 Å². The van der Waals surface area contributed by atoms with E-state index >= 15 is 0 Å². The summed E-state index contributed by atoms with van der Waals surface area (Å²) in [4.78, 5) is 14.3. The number of nitrogens with zero attached hydrogens (tertiary/aromatic N) is 1. The fourth-order valence-electron chi connectivity index (χ4n) is 2.11. The molecule has 2 atom stereocenters. The Bertz CT molecular complexity index is 304. The van der Waals surface area contributed by atoms with Crippen LogP contribution in [0.2, 0.25) is 0 Å². The molecule has 1 aliphatic heterocycles. The first-order valence-corrected chi connectivity index (χ1v) is 6.20. The molecule has 1 heterocycles. The molecule has 1 saturated carbocycles. The van der Waals surface area contributed by atoms with Crippen molar-refractivity contribution in [2.75, 3.05) is 19.7 Å². The molecule has 2 N–H and O–H groups in total. The van der Waals surface area contributed by atoms with Crippen LogP contribution in [-0.4, -0.2) is 41.6 Å². The highest BCUT2D eigenvalue weighted by Gasteiger charge is 2.36. The summed E-state index contributed by atoms with van der Waals surface area (Å²) in [5.74, 6) is 0.968. The van der Waals surface area contributed by atoms with E-state index < -0.39 is 0 Å². The normalized spacial score (nSPS) is 27.6. The lowest BCUT2D eigenvalue weighted by Gasteiger charge is -2.34. The minimum absolute atomic E-state index is 0.144. The molecular formula is C11H18N2O2S. The van der Waals surface area contributed by atoms with E-state index in [1.165, 1.54) is 12.8 Å². The van der Waals surface area contributed by atoms with Gasteiger partial charge in [0.2, 0.25) is 5.91 Å². The Morgan fingerprint density at radius 3 is 2.81 bits per heavy atom. The molecular weight excluding hydrogens is 224 g/mol. The summed E-state index contributed by atoms with van der Waals surface area (Å²) < 4.78 is 5.42. The highest BCUT2D eigenvalue weighted by Crippen LogP contribution is 2.37. The zero-order valence-electron chi connectivity index (χ0n) is 9.52. The molecule has 4 nitrogen and oxygen atoms in total. The van der Waals surface area contributed by atoms with Crippen molar-refractivity contribution in [1.82, 2.24) is 4.90 Å². The number of nitrogens with two attached hydrogens (primary N) is 1. The maximum atomic E-state index is 12.1. The molecule has 2 fully saturated rings. The summed E-state index contributed by atoms with van der Waals surface area (Å²) in [6, 6.07) is 0. The van der Waals surface area contributed by atoms with E-state index in [0.717, 1.165) is 0 Å². The van der Waals surface area contributed by atoms with E-state index in [-0.39, 0.29) is 17.9 Å². The molecule has 5 heteroatoms. The Morgan fingerprint density at radius 1 is 1.56 bits per heavy atom. The monoisotopic (exact) mass is 242 g/mol. The fourth-order valence-corrected chi connectivity index (χ4v) is 2.25. The summed E-state index contributed by atoms with van der Waals surface area (Å²) in [5.41, 5.74) is 5.55. The Balaban J connectivity index is 1.92. The van der Waals surface area contributed by atoms with Gasteiger partial charge in [-0.2, -0.15) is 0 Å². The third-order valence-electron chi connectivity index (χ3n) is 3.41. The third-order valence-corrected chi connectivity index (χ3v) is 3.68. The molecule has 2 unspecified atom stereocenters. The van der Waals surface area contributed by atoms with Gasteiger partial charge in [-0.15, -0.1) is 0 Å². The van der Waals surface area contributed by atoms with Crippen LogP contribution >= 0.6 is 12.2 Å². The number of rotatable bonds is 3. The van der Waals surface area contributed by atoms with Crippen LogP contribution in [0.25, 0.3) is 0 Å². The smallest absolute Gasteiger partial charge is 0.225 e. The zero-order chi connectivity index (χ0) is 11.7. The molecule has 90 valence electrons. The van der Waals surface area contributed by atoms with E-state index in [0.29, 0.717) is 30.6 Å². The van der Waals surface area contributed by atoms with Crippen molar-refractivity contribution in [3.8, 4) is 0 Å². The lowest BCUT2D eigenvalue weighted by Crippen LogP contribution is -2.51. The number of ether oxygens (including phenoxy) is 1. The van der Waals surface area contributed by atoms with Gasteiger partial charge in [-0.1, -0.05) is 19.1 Å². The second-order valence-electron chi connectivity index (χ2n) is 4.67. The van der Waals surface area contributed by atoms with Crippen LogP contribution in [0, 0.1) is 11.8 Å². The molecule has 0 aromatic carbocycles. The minimum atomic E-state index is -0.265. The molecule has 0 aromatic rings. The number of amides is 1. The predicted molar refractivity (Wildman–Crippen MR) is 65.0 cm³/mol. The second kappa shape index (κ2) is 4.67. The molecule has 0 aromatic heterocycles. The van der Waals surface area contributed by atoms with Gasteiger partial charge in [0.05, 0.1) is 13.2 Å². The topological polar surface area (TPSA) is 55.6 Å². The molecule has 0 bridgehead atoms. The number of carbonyl (C=O) groups excluding carboxylic acids is 1. The largest absolute Gasteiger partial charge is 0.391 e. The van der Waals surface area contributed by atoms with Crippen molar-refractivity contribution in [3.05, 3.63) is 0 Å². The van der Waals surface area contributed by atoms with Crippen molar-refractivity contribution >= 4 is 23.1 Å². The van der Waals surface area contributed by atoms with Gasteiger partial charge in [0.25, 0.3) is 0 Å². The first-order chi connectivity index (χ1) is 7.59. The van der Waals surface area contributed by atoms with Crippen LogP contribution in [0.1, 0.15) is 19.8 Å². The van der Waals surface area contributed by atoms with Gasteiger partial charge in [0, 0.05) is 12.5 Å². The number of hydrogen-bond acceptors (Lipinski definition) is 3. The Hall–Kier alpha value is -0.680. The van der Waals surface area contributed by atoms with Crippen molar-refractivity contribution < 1.29 is 9.53 Å². The van der Waals surface area contributed by atoms with Gasteiger partial charge in [-0.05, 0) is 18.8 Å². The minimum Gasteiger partial charge on any atom is -0.391 e. The third kappa shape index (κ3) is 2.52. The lowest BCUT2D eigenvalue weighted by molar-refractivity contribution is -0.141. The van der Waals surface area contributed by atoms with E-state index in [1.54, 1.807) is 0 Å². The van der Waals surface area contributed by atoms with Gasteiger partial charge in [-0.25, -0.2) is 0 Å². The maximum absolute atomic E-state index is 12.1. The molecule has 1 saturated heterocycles. The van der Waals surface area contributed by atoms with Crippen molar-refractivity contribution in [2.45, 2.75) is 25.9 Å². The van der Waals surface area contributed by atoms with Crippen molar-refractivity contribution in [3.63, 3.8) is 0 Å². The summed E-state index contributed by atoms with van der Waals surface area (Å²) in [6.07, 6.45) is 2.12. The van der Waals surface area contributed by atoms with Gasteiger partial charge >= 0.3 is 0 Å². The highest BCUT2D eigenvalue weighted by molar-refractivity contribution is 7.80. The molecule has 16 heavy (non-hydrogen) atoms. The highest BCUT2D eigenvalue weighted by atomic mass is 32.1. The standard InChI is InChI=1S/C11H18N2O2S/c1-7(8-2-3-8)11(14)13-4-5-15-9(6-13)10(12)16/h7-9H,2-6H2,1H3,(H2,12,16). The predicted octanol–water partition coefficient (Wildman–Crippen LogP) is 0.546. The summed E-state index contributed by atoms with van der Waals surface area (Å²) in [5, 5.41) is 0. The van der Waals surface area contributed by atoms with E-state index in [1.807, 2.05) is 11.8 Å². The summed E-state index contributed by atoms with van der Waals surface area (Å²) in [7, 11) is 0. The maximum Gasteiger partial charge on any atom is 0.225 e. The molecule has 0 spiro atoms. The van der Waals surface area contributed by atoms with Crippen LogP contribution in [0.15, 0.2) is 0 Å². The van der Waals surface area contributed by atoms with Gasteiger partial charge < -0.3 is 15.4 Å². The van der Waals surface area contributed by atoms with Crippen LogP contribution in [0.3, 0.4) is 0 Å². The Kier molecular flexibility index (Phi) is 3.44. The molecule has 1 amide bonds.